The second-order valence-corrected chi connectivity index (χ2v) is 2.61. The van der Waals surface area contributed by atoms with Gasteiger partial charge in [-0.1, -0.05) is 18.2 Å². The molecule has 1 unspecified atom stereocenters. The van der Waals surface area contributed by atoms with Gasteiger partial charge in [-0.05, 0) is 23.1 Å². The third-order valence-corrected chi connectivity index (χ3v) is 2.19. The molecule has 0 bridgehead atoms. The van der Waals surface area contributed by atoms with Gasteiger partial charge < -0.3 is 0 Å². The third-order valence-electron chi connectivity index (χ3n) is 2.19. The molecule has 3 aliphatic rings. The Kier molecular flexibility index (Phi) is 0.301. The number of hydrogen-bond acceptors (Lipinski definition) is 0. The summed E-state index contributed by atoms with van der Waals surface area (Å²) in [4.78, 5) is 0. The molecule has 0 radical (unpaired) electrons. The summed E-state index contributed by atoms with van der Waals surface area (Å²) >= 11 is 0. The van der Waals surface area contributed by atoms with Crippen molar-refractivity contribution >= 4 is 0 Å². The smallest absolute Gasteiger partial charge is 0.0281 e. The maximum Gasteiger partial charge on any atom is 0.0281 e. The van der Waals surface area contributed by atoms with E-state index < -0.39 is 0 Å². The van der Waals surface area contributed by atoms with Crippen LogP contribution in [0.5, 0.6) is 0 Å². The summed E-state index contributed by atoms with van der Waals surface area (Å²) in [6.45, 7) is 0. The Balaban J connectivity index is 2.31. The van der Waals surface area contributed by atoms with Gasteiger partial charge in [0.25, 0.3) is 0 Å². The van der Waals surface area contributed by atoms with Gasteiger partial charge in [-0.25, -0.2) is 0 Å². The van der Waals surface area contributed by atoms with Crippen molar-refractivity contribution in [3.8, 4) is 0 Å². The Labute approximate surface area is 48.2 Å². The maximum atomic E-state index is 2.34. The van der Waals surface area contributed by atoms with E-state index in [9.17, 15) is 0 Å². The molecular formula is C8H6. The van der Waals surface area contributed by atoms with E-state index in [-0.39, 0.29) is 0 Å². The highest BCUT2D eigenvalue weighted by atomic mass is 14.5. The van der Waals surface area contributed by atoms with Crippen LogP contribution in [-0.4, -0.2) is 0 Å². The molecule has 8 heavy (non-hydrogen) atoms. The molecular weight excluding hydrogens is 96.1 g/mol. The van der Waals surface area contributed by atoms with Crippen molar-refractivity contribution in [3.63, 3.8) is 0 Å². The molecule has 0 aliphatic heterocycles. The minimum absolute atomic E-state index is 0.837. The van der Waals surface area contributed by atoms with Crippen LogP contribution in [0.15, 0.2) is 34.9 Å². The molecule has 0 nitrogen and oxygen atoms in total. The normalized spacial score (nSPS) is 36.0. The third kappa shape index (κ3) is 0.172. The van der Waals surface area contributed by atoms with E-state index in [1.54, 1.807) is 16.7 Å². The zero-order chi connectivity index (χ0) is 5.14. The first-order valence-electron chi connectivity index (χ1n) is 3.09. The van der Waals surface area contributed by atoms with Gasteiger partial charge in [0.1, 0.15) is 0 Å². The van der Waals surface area contributed by atoms with Gasteiger partial charge in [0.2, 0.25) is 0 Å². The monoisotopic (exact) mass is 102 g/mol. The fourth-order valence-electron chi connectivity index (χ4n) is 1.68. The molecule has 1 saturated carbocycles. The van der Waals surface area contributed by atoms with Gasteiger partial charge in [0, 0.05) is 5.92 Å². The van der Waals surface area contributed by atoms with Gasteiger partial charge >= 0.3 is 0 Å². The zero-order valence-corrected chi connectivity index (χ0v) is 4.52. The van der Waals surface area contributed by atoms with Crippen molar-refractivity contribution in [1.82, 2.24) is 0 Å². The van der Waals surface area contributed by atoms with Crippen LogP contribution in [0, 0.1) is 5.92 Å². The molecule has 0 aromatic carbocycles. The lowest BCUT2D eigenvalue weighted by Crippen LogP contribution is -2.02. The highest BCUT2D eigenvalue weighted by Crippen LogP contribution is 2.58. The van der Waals surface area contributed by atoms with Gasteiger partial charge in [-0.3, -0.25) is 0 Å². The van der Waals surface area contributed by atoms with Crippen molar-refractivity contribution in [2.45, 2.75) is 6.42 Å². The van der Waals surface area contributed by atoms with Crippen molar-refractivity contribution in [2.24, 2.45) is 5.92 Å². The molecule has 0 amide bonds. The molecule has 0 heteroatoms. The molecule has 0 N–H and O–H groups in total. The van der Waals surface area contributed by atoms with E-state index in [2.05, 4.69) is 18.2 Å². The summed E-state index contributed by atoms with van der Waals surface area (Å²) < 4.78 is 0. The average molecular weight is 102 g/mol. The number of hydrogen-bond donors (Lipinski definition) is 0. The van der Waals surface area contributed by atoms with Crippen LogP contribution in [0.25, 0.3) is 0 Å². The molecule has 0 spiro atoms. The second kappa shape index (κ2) is 0.732. The predicted molar refractivity (Wildman–Crippen MR) is 32.4 cm³/mol. The fourth-order valence-corrected chi connectivity index (χ4v) is 1.68. The van der Waals surface area contributed by atoms with E-state index in [0.717, 1.165) is 5.92 Å². The highest BCUT2D eigenvalue weighted by Gasteiger charge is 2.44. The fraction of sp³-hybridized carbons (Fsp3) is 0.250. The van der Waals surface area contributed by atoms with Crippen molar-refractivity contribution in [1.29, 1.82) is 0 Å². The van der Waals surface area contributed by atoms with E-state index in [4.69, 9.17) is 0 Å². The molecule has 0 aromatic rings. The lowest BCUT2D eigenvalue weighted by atomic mass is 9.88. The van der Waals surface area contributed by atoms with Gasteiger partial charge in [0.05, 0.1) is 0 Å². The molecule has 1 atom stereocenters. The Morgan fingerprint density at radius 1 is 1.25 bits per heavy atom. The summed E-state index contributed by atoms with van der Waals surface area (Å²) in [6, 6.07) is 0. The van der Waals surface area contributed by atoms with Gasteiger partial charge in [-0.2, -0.15) is 0 Å². The SMILES string of the molecule is C1=C2C(=CC1)C1C=C21. The lowest BCUT2D eigenvalue weighted by molar-refractivity contribution is 1.000. The number of rotatable bonds is 0. The number of fused-ring (bicyclic) bond motifs is 4. The largest absolute Gasteiger partial charge is 0.0760 e. The summed E-state index contributed by atoms with van der Waals surface area (Å²) in [5, 5.41) is 0. The minimum Gasteiger partial charge on any atom is -0.0760 e. The highest BCUT2D eigenvalue weighted by molar-refractivity contribution is 5.76. The summed E-state index contributed by atoms with van der Waals surface area (Å²) in [5.41, 5.74) is 4.80. The van der Waals surface area contributed by atoms with E-state index in [1.807, 2.05) is 0 Å². The van der Waals surface area contributed by atoms with Gasteiger partial charge in [-0.15, -0.1) is 0 Å². The molecule has 0 heterocycles. The first-order valence-corrected chi connectivity index (χ1v) is 3.09. The van der Waals surface area contributed by atoms with Crippen LogP contribution in [0.4, 0.5) is 0 Å². The topological polar surface area (TPSA) is 0 Å². The van der Waals surface area contributed by atoms with Crippen molar-refractivity contribution in [3.05, 3.63) is 34.9 Å². The van der Waals surface area contributed by atoms with Crippen LogP contribution < -0.4 is 0 Å². The summed E-state index contributed by atoms with van der Waals surface area (Å²) in [7, 11) is 0. The Hall–Kier alpha value is -0.780. The Bertz CT molecular complexity index is 251. The first-order chi connectivity index (χ1) is 3.97. The lowest BCUT2D eigenvalue weighted by Gasteiger charge is -2.15. The van der Waals surface area contributed by atoms with Crippen molar-refractivity contribution < 1.29 is 0 Å². The van der Waals surface area contributed by atoms with Crippen LogP contribution in [0.3, 0.4) is 0 Å². The molecule has 0 aromatic heterocycles. The van der Waals surface area contributed by atoms with Gasteiger partial charge in [0.15, 0.2) is 0 Å². The zero-order valence-electron chi connectivity index (χ0n) is 4.52. The van der Waals surface area contributed by atoms with Crippen molar-refractivity contribution in [2.75, 3.05) is 0 Å². The van der Waals surface area contributed by atoms with Crippen LogP contribution in [0.1, 0.15) is 6.42 Å². The van der Waals surface area contributed by atoms with Crippen LogP contribution >= 0.6 is 0 Å². The molecule has 0 saturated heterocycles. The minimum atomic E-state index is 0.837. The molecule has 3 rings (SSSR count). The van der Waals surface area contributed by atoms with Crippen LogP contribution in [-0.2, 0) is 0 Å². The average Bonchev–Trinajstić information content (AvgIpc) is 2.34. The maximum absolute atomic E-state index is 2.34. The number of allylic oxidation sites excluding steroid dienone is 6. The van der Waals surface area contributed by atoms with E-state index in [0.29, 0.717) is 0 Å². The summed E-state index contributed by atoms with van der Waals surface area (Å²) in [5.74, 6) is 0.837. The first kappa shape index (κ1) is 3.29. The standard InChI is InChI=1S/C8H6/c1-2-5-6(3-1)8-4-7(5)8/h2-4,7H,1H2. The second-order valence-electron chi connectivity index (χ2n) is 2.61. The Morgan fingerprint density at radius 2 is 2.25 bits per heavy atom. The predicted octanol–water partition coefficient (Wildman–Crippen LogP) is 1.81. The molecule has 3 aliphatic carbocycles. The quantitative estimate of drug-likeness (QED) is 0.437. The van der Waals surface area contributed by atoms with Crippen LogP contribution in [0.2, 0.25) is 0 Å². The Morgan fingerprint density at radius 3 is 3.12 bits per heavy atom. The van der Waals surface area contributed by atoms with E-state index in [1.165, 1.54) is 6.42 Å². The summed E-state index contributed by atoms with van der Waals surface area (Å²) in [6.07, 6.45) is 8.20. The molecule has 1 fully saturated rings. The van der Waals surface area contributed by atoms with E-state index >= 15 is 0 Å². The molecule has 38 valence electrons.